The maximum Gasteiger partial charge on any atom is 0.324 e. The number of aryl methyl sites for hydroxylation is 1. The molecule has 0 aromatic heterocycles. The molecule has 128 valence electrons. The van der Waals surface area contributed by atoms with E-state index in [0.717, 1.165) is 23.1 Å². The summed E-state index contributed by atoms with van der Waals surface area (Å²) in [5.41, 5.74) is 2.15. The Labute approximate surface area is 157 Å². The highest BCUT2D eigenvalue weighted by Crippen LogP contribution is 2.50. The van der Waals surface area contributed by atoms with Crippen LogP contribution in [0.25, 0.3) is 0 Å². The quantitative estimate of drug-likeness (QED) is 0.713. The Morgan fingerprint density at radius 2 is 1.92 bits per heavy atom. The lowest BCUT2D eigenvalue weighted by atomic mass is 9.67. The van der Waals surface area contributed by atoms with Gasteiger partial charge in [0.2, 0.25) is 0 Å². The molecule has 1 aliphatic rings. The number of hydrogen-bond donors (Lipinski definition) is 0. The summed E-state index contributed by atoms with van der Waals surface area (Å²) in [6.45, 7) is 1.98. The second-order valence-electron chi connectivity index (χ2n) is 6.09. The van der Waals surface area contributed by atoms with Crippen LogP contribution >= 0.6 is 23.2 Å². The summed E-state index contributed by atoms with van der Waals surface area (Å²) in [4.78, 5) is 12.6. The topological polar surface area (TPSA) is 50.1 Å². The normalized spacial score (nSPS) is 19.8. The molecule has 2 aromatic carbocycles. The summed E-state index contributed by atoms with van der Waals surface area (Å²) in [5.74, 6) is -1.43. The van der Waals surface area contributed by atoms with E-state index in [4.69, 9.17) is 27.9 Å². The molecule has 0 saturated carbocycles. The number of halogens is 2. The highest BCUT2D eigenvalue weighted by Gasteiger charge is 2.50. The predicted octanol–water partition coefficient (Wildman–Crippen LogP) is 4.93. The largest absolute Gasteiger partial charge is 0.465 e. The van der Waals surface area contributed by atoms with E-state index in [1.807, 2.05) is 24.3 Å². The Hall–Kier alpha value is -2.02. The molecule has 3 nitrogen and oxygen atoms in total. The number of carbonyl (C=O) groups is 1. The molecule has 0 N–H and O–H groups in total. The first-order valence-electron chi connectivity index (χ1n) is 8.14. The van der Waals surface area contributed by atoms with Crippen LogP contribution < -0.4 is 0 Å². The predicted molar refractivity (Wildman–Crippen MR) is 97.7 cm³/mol. The molecule has 2 aromatic rings. The van der Waals surface area contributed by atoms with Crippen LogP contribution in [-0.2, 0) is 21.4 Å². The van der Waals surface area contributed by atoms with Crippen LogP contribution in [0.1, 0.15) is 30.0 Å². The van der Waals surface area contributed by atoms with Gasteiger partial charge in [0, 0.05) is 15.5 Å². The van der Waals surface area contributed by atoms with E-state index in [0.29, 0.717) is 16.5 Å². The standard InChI is InChI=1S/C20H17Cl2NO2/c1-2-25-19(24)18(12-23)20(14-3-5-15(21)6-4-14)10-9-13-11-16(22)7-8-17(13)20/h3-8,11,18H,2,9-10H2,1H3. The molecule has 1 aliphatic carbocycles. The smallest absolute Gasteiger partial charge is 0.324 e. The van der Waals surface area contributed by atoms with Crippen molar-refractivity contribution in [2.24, 2.45) is 5.92 Å². The van der Waals surface area contributed by atoms with Gasteiger partial charge in [-0.2, -0.15) is 5.26 Å². The van der Waals surface area contributed by atoms with Crippen molar-refractivity contribution in [2.75, 3.05) is 6.61 Å². The summed E-state index contributed by atoms with van der Waals surface area (Å²) in [5, 5.41) is 11.1. The van der Waals surface area contributed by atoms with Gasteiger partial charge in [-0.15, -0.1) is 0 Å². The van der Waals surface area contributed by atoms with Crippen LogP contribution in [-0.4, -0.2) is 12.6 Å². The molecule has 0 bridgehead atoms. The first-order chi connectivity index (χ1) is 12.0. The number of nitrogens with zero attached hydrogens (tertiary/aromatic N) is 1. The van der Waals surface area contributed by atoms with Gasteiger partial charge in [-0.25, -0.2) is 0 Å². The number of ether oxygens (including phenoxy) is 1. The summed E-state index contributed by atoms with van der Waals surface area (Å²) < 4.78 is 5.20. The molecular weight excluding hydrogens is 357 g/mol. The summed E-state index contributed by atoms with van der Waals surface area (Å²) >= 11 is 12.2. The van der Waals surface area contributed by atoms with Crippen molar-refractivity contribution in [2.45, 2.75) is 25.2 Å². The number of benzene rings is 2. The van der Waals surface area contributed by atoms with Crippen molar-refractivity contribution in [1.82, 2.24) is 0 Å². The van der Waals surface area contributed by atoms with Gasteiger partial charge in [0.05, 0.1) is 12.7 Å². The molecule has 0 heterocycles. The Balaban J connectivity index is 2.23. The van der Waals surface area contributed by atoms with Crippen molar-refractivity contribution in [1.29, 1.82) is 5.26 Å². The maximum absolute atomic E-state index is 12.6. The fraction of sp³-hybridized carbons (Fsp3) is 0.300. The van der Waals surface area contributed by atoms with Crippen molar-refractivity contribution in [3.8, 4) is 6.07 Å². The Bertz CT molecular complexity index is 842. The summed E-state index contributed by atoms with van der Waals surface area (Å²) in [6, 6.07) is 15.2. The van der Waals surface area contributed by atoms with Crippen LogP contribution in [0.15, 0.2) is 42.5 Å². The van der Waals surface area contributed by atoms with Crippen molar-refractivity contribution in [3.05, 3.63) is 69.2 Å². The zero-order valence-electron chi connectivity index (χ0n) is 13.8. The van der Waals surface area contributed by atoms with Gasteiger partial charge in [0.25, 0.3) is 0 Å². The van der Waals surface area contributed by atoms with E-state index < -0.39 is 17.3 Å². The lowest BCUT2D eigenvalue weighted by molar-refractivity contribution is -0.147. The molecular formula is C20H17Cl2NO2. The number of hydrogen-bond acceptors (Lipinski definition) is 3. The molecule has 2 unspecified atom stereocenters. The molecule has 3 rings (SSSR count). The average molecular weight is 374 g/mol. The minimum absolute atomic E-state index is 0.237. The zero-order valence-corrected chi connectivity index (χ0v) is 15.3. The molecule has 25 heavy (non-hydrogen) atoms. The fourth-order valence-electron chi connectivity index (χ4n) is 3.77. The Morgan fingerprint density at radius 1 is 1.24 bits per heavy atom. The second kappa shape index (κ2) is 7.07. The minimum atomic E-state index is -0.934. The average Bonchev–Trinajstić information content (AvgIpc) is 2.96. The molecule has 0 radical (unpaired) electrons. The van der Waals surface area contributed by atoms with E-state index in [2.05, 4.69) is 6.07 Å². The van der Waals surface area contributed by atoms with Crippen LogP contribution in [0.3, 0.4) is 0 Å². The number of esters is 1. The third-order valence-electron chi connectivity index (χ3n) is 4.84. The van der Waals surface area contributed by atoms with E-state index >= 15 is 0 Å². The van der Waals surface area contributed by atoms with E-state index in [1.54, 1.807) is 25.1 Å². The van der Waals surface area contributed by atoms with E-state index in [9.17, 15) is 10.1 Å². The monoisotopic (exact) mass is 373 g/mol. The van der Waals surface area contributed by atoms with E-state index in [1.165, 1.54) is 0 Å². The highest BCUT2D eigenvalue weighted by molar-refractivity contribution is 6.30. The van der Waals surface area contributed by atoms with Crippen LogP contribution in [0.5, 0.6) is 0 Å². The minimum Gasteiger partial charge on any atom is -0.465 e. The lowest BCUT2D eigenvalue weighted by Crippen LogP contribution is -2.39. The molecule has 0 spiro atoms. The van der Waals surface area contributed by atoms with E-state index in [-0.39, 0.29) is 6.61 Å². The molecule has 5 heteroatoms. The van der Waals surface area contributed by atoms with Crippen LogP contribution in [0.2, 0.25) is 10.0 Å². The van der Waals surface area contributed by atoms with Gasteiger partial charge in [-0.3, -0.25) is 4.79 Å². The summed E-state index contributed by atoms with van der Waals surface area (Å²) in [6.07, 6.45) is 1.39. The SMILES string of the molecule is CCOC(=O)C(C#N)C1(c2ccc(Cl)cc2)CCc2cc(Cl)ccc21. The van der Waals surface area contributed by atoms with Gasteiger partial charge >= 0.3 is 5.97 Å². The van der Waals surface area contributed by atoms with Crippen molar-refractivity contribution < 1.29 is 9.53 Å². The Kier molecular flexibility index (Phi) is 5.03. The molecule has 0 amide bonds. The maximum atomic E-state index is 12.6. The third kappa shape index (κ3) is 3.01. The molecule has 0 aliphatic heterocycles. The molecule has 0 fully saturated rings. The van der Waals surface area contributed by atoms with Gasteiger partial charge < -0.3 is 4.74 Å². The Morgan fingerprint density at radius 3 is 2.56 bits per heavy atom. The van der Waals surface area contributed by atoms with Gasteiger partial charge in [0.1, 0.15) is 0 Å². The fourth-order valence-corrected chi connectivity index (χ4v) is 4.09. The first kappa shape index (κ1) is 17.8. The second-order valence-corrected chi connectivity index (χ2v) is 6.97. The lowest BCUT2D eigenvalue weighted by Gasteiger charge is -2.34. The third-order valence-corrected chi connectivity index (χ3v) is 5.33. The number of nitriles is 1. The zero-order chi connectivity index (χ0) is 18.0. The number of carbonyl (C=O) groups excluding carboxylic acids is 1. The highest BCUT2D eigenvalue weighted by atomic mass is 35.5. The number of rotatable bonds is 4. The van der Waals surface area contributed by atoms with Crippen LogP contribution in [0, 0.1) is 17.2 Å². The molecule has 0 saturated heterocycles. The van der Waals surface area contributed by atoms with Gasteiger partial charge in [-0.1, -0.05) is 41.4 Å². The summed E-state index contributed by atoms with van der Waals surface area (Å²) in [7, 11) is 0. The van der Waals surface area contributed by atoms with Gasteiger partial charge in [-0.05, 0) is 60.7 Å². The number of fused-ring (bicyclic) bond motifs is 1. The van der Waals surface area contributed by atoms with Gasteiger partial charge in [0.15, 0.2) is 5.92 Å². The van der Waals surface area contributed by atoms with Crippen molar-refractivity contribution in [3.63, 3.8) is 0 Å². The van der Waals surface area contributed by atoms with Crippen LogP contribution in [0.4, 0.5) is 0 Å². The van der Waals surface area contributed by atoms with Crippen molar-refractivity contribution >= 4 is 29.2 Å². The first-order valence-corrected chi connectivity index (χ1v) is 8.89. The molecule has 2 atom stereocenters.